The van der Waals surface area contributed by atoms with Gasteiger partial charge in [0.15, 0.2) is 0 Å². The zero-order chi connectivity index (χ0) is 20.6. The molecule has 6 nitrogen and oxygen atoms in total. The number of carboxylic acids is 2. The van der Waals surface area contributed by atoms with Crippen LogP contribution < -0.4 is 10.6 Å². The number of para-hydroxylation sites is 2. The van der Waals surface area contributed by atoms with E-state index in [-0.39, 0.29) is 34.5 Å². The van der Waals surface area contributed by atoms with Gasteiger partial charge in [0.05, 0.1) is 22.9 Å². The normalized spacial score (nSPS) is 20.2. The highest BCUT2D eigenvalue weighted by Gasteiger charge is 2.45. The van der Waals surface area contributed by atoms with Crippen molar-refractivity contribution in [1.29, 1.82) is 0 Å². The fraction of sp³-hybridized carbons (Fsp3) is 0.364. The monoisotopic (exact) mass is 382 g/mol. The van der Waals surface area contributed by atoms with Gasteiger partial charge in [0.25, 0.3) is 0 Å². The molecular formula is C22H26N2O4. The van der Waals surface area contributed by atoms with Gasteiger partial charge < -0.3 is 20.8 Å². The molecule has 0 radical (unpaired) electrons. The second-order valence-electron chi connectivity index (χ2n) is 8.19. The molecule has 0 saturated heterocycles. The lowest BCUT2D eigenvalue weighted by molar-refractivity contribution is 0.0687. The maximum absolute atomic E-state index is 11.8. The Labute approximate surface area is 164 Å². The molecule has 1 heterocycles. The first kappa shape index (κ1) is 19.7. The van der Waals surface area contributed by atoms with Gasteiger partial charge in [-0.15, -0.1) is 0 Å². The third-order valence-electron chi connectivity index (χ3n) is 5.61. The Balaban J connectivity index is 2.17. The van der Waals surface area contributed by atoms with Crippen LogP contribution in [0.5, 0.6) is 0 Å². The van der Waals surface area contributed by atoms with Crippen LogP contribution >= 0.6 is 0 Å². The first-order valence-corrected chi connectivity index (χ1v) is 9.36. The van der Waals surface area contributed by atoms with Crippen LogP contribution in [-0.4, -0.2) is 28.2 Å². The van der Waals surface area contributed by atoms with Gasteiger partial charge in [-0.1, -0.05) is 52.0 Å². The minimum absolute atomic E-state index is 0.00464. The molecule has 0 amide bonds. The fourth-order valence-electron chi connectivity index (χ4n) is 4.31. The molecule has 2 aromatic rings. The van der Waals surface area contributed by atoms with Crippen molar-refractivity contribution in [3.63, 3.8) is 0 Å². The summed E-state index contributed by atoms with van der Waals surface area (Å²) >= 11 is 0. The molecule has 2 aromatic carbocycles. The van der Waals surface area contributed by atoms with Crippen molar-refractivity contribution in [2.45, 2.75) is 39.8 Å². The van der Waals surface area contributed by atoms with E-state index in [1.54, 1.807) is 36.4 Å². The minimum Gasteiger partial charge on any atom is -0.478 e. The summed E-state index contributed by atoms with van der Waals surface area (Å²) in [6.45, 7) is 8.41. The largest absolute Gasteiger partial charge is 0.478 e. The van der Waals surface area contributed by atoms with E-state index in [0.29, 0.717) is 11.4 Å². The van der Waals surface area contributed by atoms with Gasteiger partial charge in [-0.05, 0) is 29.7 Å². The van der Waals surface area contributed by atoms with Crippen molar-refractivity contribution in [1.82, 2.24) is 0 Å². The zero-order valence-electron chi connectivity index (χ0n) is 16.5. The van der Waals surface area contributed by atoms with E-state index in [1.807, 2.05) is 6.07 Å². The maximum atomic E-state index is 11.8. The van der Waals surface area contributed by atoms with Crippen LogP contribution in [-0.2, 0) is 0 Å². The highest BCUT2D eigenvalue weighted by atomic mass is 16.4. The van der Waals surface area contributed by atoms with Crippen LogP contribution in [0, 0.1) is 11.3 Å². The number of anilines is 2. The van der Waals surface area contributed by atoms with E-state index in [4.69, 9.17) is 0 Å². The smallest absolute Gasteiger partial charge is 0.337 e. The first-order valence-electron chi connectivity index (χ1n) is 9.36. The molecule has 0 aliphatic carbocycles. The van der Waals surface area contributed by atoms with Crippen LogP contribution in [0.15, 0.2) is 42.5 Å². The summed E-state index contributed by atoms with van der Waals surface area (Å²) in [4.78, 5) is 23.4. The van der Waals surface area contributed by atoms with E-state index >= 15 is 0 Å². The average Bonchev–Trinajstić information content (AvgIpc) is 2.62. The highest BCUT2D eigenvalue weighted by Crippen LogP contribution is 2.49. The molecule has 1 aliphatic heterocycles. The van der Waals surface area contributed by atoms with Crippen LogP contribution in [0.25, 0.3) is 0 Å². The van der Waals surface area contributed by atoms with Crippen molar-refractivity contribution in [3.8, 4) is 0 Å². The number of hydrogen-bond acceptors (Lipinski definition) is 4. The van der Waals surface area contributed by atoms with Gasteiger partial charge in [0.2, 0.25) is 0 Å². The molecule has 28 heavy (non-hydrogen) atoms. The Bertz CT molecular complexity index is 921. The third-order valence-corrected chi connectivity index (χ3v) is 5.61. The summed E-state index contributed by atoms with van der Waals surface area (Å²) in [5, 5.41) is 26.1. The molecule has 0 fully saturated rings. The van der Waals surface area contributed by atoms with Crippen LogP contribution in [0.3, 0.4) is 0 Å². The number of aromatic carboxylic acids is 2. The van der Waals surface area contributed by atoms with E-state index in [0.717, 1.165) is 5.56 Å². The topological polar surface area (TPSA) is 98.7 Å². The second-order valence-corrected chi connectivity index (χ2v) is 8.19. The lowest BCUT2D eigenvalue weighted by Crippen LogP contribution is -2.50. The predicted octanol–water partition coefficient (Wildman–Crippen LogP) is 4.71. The molecule has 2 atom stereocenters. The van der Waals surface area contributed by atoms with E-state index in [1.165, 1.54) is 0 Å². The van der Waals surface area contributed by atoms with Gasteiger partial charge in [0.1, 0.15) is 0 Å². The van der Waals surface area contributed by atoms with Gasteiger partial charge in [-0.2, -0.15) is 0 Å². The van der Waals surface area contributed by atoms with Crippen LogP contribution in [0.4, 0.5) is 11.4 Å². The molecule has 0 spiro atoms. The molecule has 1 aliphatic rings. The predicted molar refractivity (Wildman–Crippen MR) is 109 cm³/mol. The van der Waals surface area contributed by atoms with E-state index < -0.39 is 11.9 Å². The summed E-state index contributed by atoms with van der Waals surface area (Å²) in [6.07, 6.45) is 0. The summed E-state index contributed by atoms with van der Waals surface area (Å²) in [5.74, 6) is -1.75. The van der Waals surface area contributed by atoms with Gasteiger partial charge in [-0.3, -0.25) is 0 Å². The van der Waals surface area contributed by atoms with Crippen LogP contribution in [0.2, 0.25) is 0 Å². The summed E-state index contributed by atoms with van der Waals surface area (Å²) < 4.78 is 0. The van der Waals surface area contributed by atoms with Crippen molar-refractivity contribution in [3.05, 3.63) is 59.2 Å². The standard InChI is InChI=1S/C22H26N2O4/c1-12(2)18-22(3,4)19(23-16-11-6-5-8-13(16)20(25)26)14-9-7-10-15(21(27)28)17(14)24-18/h5-12,18-19,23-24H,1-4H3,(H,25,26)(H,27,28). The molecule has 148 valence electrons. The van der Waals surface area contributed by atoms with Crippen molar-refractivity contribution >= 4 is 23.3 Å². The Kier molecular flexibility index (Phi) is 5.06. The molecule has 4 N–H and O–H groups in total. The van der Waals surface area contributed by atoms with Crippen molar-refractivity contribution in [2.75, 3.05) is 10.6 Å². The molecule has 2 unspecified atom stereocenters. The Morgan fingerprint density at radius 2 is 1.61 bits per heavy atom. The van der Waals surface area contributed by atoms with Gasteiger partial charge in [-0.25, -0.2) is 9.59 Å². The third kappa shape index (κ3) is 3.30. The highest BCUT2D eigenvalue weighted by molar-refractivity contribution is 5.96. The Hall–Kier alpha value is -3.02. The molecule has 0 aromatic heterocycles. The van der Waals surface area contributed by atoms with Gasteiger partial charge in [0, 0.05) is 17.1 Å². The minimum atomic E-state index is -1.00. The summed E-state index contributed by atoms with van der Waals surface area (Å²) in [7, 11) is 0. The molecular weight excluding hydrogens is 356 g/mol. The Morgan fingerprint density at radius 3 is 2.21 bits per heavy atom. The summed E-state index contributed by atoms with van der Waals surface area (Å²) in [6, 6.07) is 11.7. The number of benzene rings is 2. The van der Waals surface area contributed by atoms with Crippen LogP contribution in [0.1, 0.15) is 60.0 Å². The zero-order valence-corrected chi connectivity index (χ0v) is 16.5. The van der Waals surface area contributed by atoms with Gasteiger partial charge >= 0.3 is 11.9 Å². The number of hydrogen-bond donors (Lipinski definition) is 4. The lowest BCUT2D eigenvalue weighted by Gasteiger charge is -2.49. The first-order chi connectivity index (χ1) is 13.1. The quantitative estimate of drug-likeness (QED) is 0.598. The lowest BCUT2D eigenvalue weighted by atomic mass is 9.67. The maximum Gasteiger partial charge on any atom is 0.337 e. The molecule has 0 bridgehead atoms. The van der Waals surface area contributed by atoms with E-state index in [9.17, 15) is 19.8 Å². The second kappa shape index (κ2) is 7.19. The number of nitrogens with one attached hydrogen (secondary N) is 2. The van der Waals surface area contributed by atoms with E-state index in [2.05, 4.69) is 38.3 Å². The Morgan fingerprint density at radius 1 is 1.00 bits per heavy atom. The molecule has 6 heteroatoms. The van der Waals surface area contributed by atoms with Crippen molar-refractivity contribution < 1.29 is 19.8 Å². The molecule has 3 rings (SSSR count). The number of fused-ring (bicyclic) bond motifs is 1. The average molecular weight is 382 g/mol. The fourth-order valence-corrected chi connectivity index (χ4v) is 4.31. The number of carboxylic acid groups (broad SMARTS) is 2. The summed E-state index contributed by atoms with van der Waals surface area (Å²) in [5.41, 5.74) is 2.03. The number of carbonyl (C=O) groups is 2. The van der Waals surface area contributed by atoms with Crippen molar-refractivity contribution in [2.24, 2.45) is 11.3 Å². The SMILES string of the molecule is CC(C)C1Nc2c(C(=O)O)cccc2C(Nc2ccccc2C(=O)O)C1(C)C. The number of rotatable bonds is 5. The molecule has 0 saturated carbocycles.